The highest BCUT2D eigenvalue weighted by Crippen LogP contribution is 2.24. The molecule has 76 valence electrons. The van der Waals surface area contributed by atoms with Crippen LogP contribution in [0.1, 0.15) is 32.1 Å². The van der Waals surface area contributed by atoms with Crippen molar-refractivity contribution in [3.63, 3.8) is 0 Å². The molecule has 2 heteroatoms. The van der Waals surface area contributed by atoms with Crippen molar-refractivity contribution in [1.29, 1.82) is 0 Å². The lowest BCUT2D eigenvalue weighted by Crippen LogP contribution is -2.15. The quantitative estimate of drug-likeness (QED) is 0.732. The van der Waals surface area contributed by atoms with Crippen LogP contribution in [0.3, 0.4) is 0 Å². The number of ether oxygens (including phenoxy) is 1. The summed E-state index contributed by atoms with van der Waals surface area (Å²) in [5.41, 5.74) is 0. The Bertz CT molecular complexity index is 254. The van der Waals surface area contributed by atoms with Crippen molar-refractivity contribution in [3.8, 4) is 5.75 Å². The Kier molecular flexibility index (Phi) is 3.39. The molecule has 0 saturated heterocycles. The van der Waals surface area contributed by atoms with Gasteiger partial charge in [0.2, 0.25) is 0 Å². The Morgan fingerprint density at radius 2 is 2.14 bits per heavy atom. The summed E-state index contributed by atoms with van der Waals surface area (Å²) in [6.45, 7) is 0.867. The van der Waals surface area contributed by atoms with E-state index >= 15 is 0 Å². The summed E-state index contributed by atoms with van der Waals surface area (Å²) < 4.78 is 5.68. The summed E-state index contributed by atoms with van der Waals surface area (Å²) in [5, 5.41) is 0. The molecule has 0 N–H and O–H groups in total. The lowest BCUT2D eigenvalue weighted by Gasteiger charge is -2.21. The third-order valence-corrected chi connectivity index (χ3v) is 2.84. The molecule has 0 spiro atoms. The molecule has 0 aliphatic heterocycles. The molecule has 0 atom stereocenters. The van der Waals surface area contributed by atoms with E-state index in [9.17, 15) is 0 Å². The van der Waals surface area contributed by atoms with Crippen molar-refractivity contribution in [2.24, 2.45) is 5.92 Å². The average molecular weight is 191 g/mol. The van der Waals surface area contributed by atoms with Gasteiger partial charge in [-0.25, -0.2) is 0 Å². The molecule has 0 amide bonds. The summed E-state index contributed by atoms with van der Waals surface area (Å²) in [6, 6.07) is 3.88. The van der Waals surface area contributed by atoms with E-state index in [4.69, 9.17) is 4.74 Å². The van der Waals surface area contributed by atoms with Crippen LogP contribution in [0, 0.1) is 5.92 Å². The van der Waals surface area contributed by atoms with Crippen molar-refractivity contribution in [2.75, 3.05) is 6.61 Å². The van der Waals surface area contributed by atoms with Gasteiger partial charge in [0.25, 0.3) is 0 Å². The van der Waals surface area contributed by atoms with E-state index in [2.05, 4.69) is 4.98 Å². The van der Waals surface area contributed by atoms with Gasteiger partial charge in [-0.15, -0.1) is 0 Å². The predicted molar refractivity (Wildman–Crippen MR) is 56.3 cm³/mol. The van der Waals surface area contributed by atoms with Crippen LogP contribution in [0.25, 0.3) is 0 Å². The van der Waals surface area contributed by atoms with Gasteiger partial charge in [-0.05, 0) is 30.9 Å². The molecule has 1 fully saturated rings. The smallest absolute Gasteiger partial charge is 0.137 e. The van der Waals surface area contributed by atoms with Crippen LogP contribution >= 0.6 is 0 Å². The third kappa shape index (κ3) is 2.72. The van der Waals surface area contributed by atoms with E-state index in [1.807, 2.05) is 12.1 Å². The second-order valence-corrected chi connectivity index (χ2v) is 4.00. The number of aromatic nitrogens is 1. The van der Waals surface area contributed by atoms with Gasteiger partial charge in [-0.1, -0.05) is 19.3 Å². The Labute approximate surface area is 85.3 Å². The average Bonchev–Trinajstić information content (AvgIpc) is 2.29. The van der Waals surface area contributed by atoms with E-state index in [-0.39, 0.29) is 0 Å². The summed E-state index contributed by atoms with van der Waals surface area (Å²) >= 11 is 0. The van der Waals surface area contributed by atoms with Crippen molar-refractivity contribution in [1.82, 2.24) is 4.98 Å². The zero-order chi connectivity index (χ0) is 9.64. The van der Waals surface area contributed by atoms with E-state index in [0.29, 0.717) is 0 Å². The molecule has 1 heterocycles. The second-order valence-electron chi connectivity index (χ2n) is 4.00. The molecule has 1 aliphatic rings. The Morgan fingerprint density at radius 1 is 1.29 bits per heavy atom. The maximum Gasteiger partial charge on any atom is 0.137 e. The van der Waals surface area contributed by atoms with Crippen LogP contribution in [0.4, 0.5) is 0 Å². The lowest BCUT2D eigenvalue weighted by atomic mass is 9.90. The van der Waals surface area contributed by atoms with Gasteiger partial charge >= 0.3 is 0 Å². The number of pyridine rings is 1. The third-order valence-electron chi connectivity index (χ3n) is 2.84. The minimum atomic E-state index is 0.768. The molecule has 14 heavy (non-hydrogen) atoms. The van der Waals surface area contributed by atoms with Crippen molar-refractivity contribution < 1.29 is 4.74 Å². The fourth-order valence-electron chi connectivity index (χ4n) is 2.00. The minimum Gasteiger partial charge on any atom is -0.492 e. The summed E-state index contributed by atoms with van der Waals surface area (Å²) in [4.78, 5) is 4.02. The molecule has 2 rings (SSSR count). The summed E-state index contributed by atoms with van der Waals surface area (Å²) in [6.07, 6.45) is 10.4. The molecule has 0 bridgehead atoms. The normalized spacial score (nSPS) is 18.0. The second kappa shape index (κ2) is 4.99. The molecule has 1 aromatic rings. The van der Waals surface area contributed by atoms with Crippen LogP contribution < -0.4 is 4.74 Å². The maximum atomic E-state index is 5.68. The van der Waals surface area contributed by atoms with Gasteiger partial charge < -0.3 is 4.74 Å². The van der Waals surface area contributed by atoms with Crippen LogP contribution in [-0.4, -0.2) is 11.6 Å². The van der Waals surface area contributed by atoms with E-state index in [1.54, 1.807) is 12.4 Å². The highest BCUT2D eigenvalue weighted by atomic mass is 16.5. The van der Waals surface area contributed by atoms with Gasteiger partial charge in [0.1, 0.15) is 5.75 Å². The minimum absolute atomic E-state index is 0.768. The Hall–Kier alpha value is -1.05. The van der Waals surface area contributed by atoms with E-state index in [0.717, 1.165) is 18.3 Å². The molecule has 1 saturated carbocycles. The van der Waals surface area contributed by atoms with Crippen LogP contribution in [0.15, 0.2) is 24.5 Å². The van der Waals surface area contributed by atoms with Crippen molar-refractivity contribution in [2.45, 2.75) is 32.1 Å². The van der Waals surface area contributed by atoms with Crippen molar-refractivity contribution >= 4 is 0 Å². The first-order valence-electron chi connectivity index (χ1n) is 5.48. The van der Waals surface area contributed by atoms with Gasteiger partial charge in [0, 0.05) is 6.20 Å². The number of hydrogen-bond acceptors (Lipinski definition) is 2. The highest BCUT2D eigenvalue weighted by Gasteiger charge is 2.13. The molecule has 1 aromatic heterocycles. The molecule has 0 radical (unpaired) electrons. The molecule has 1 aliphatic carbocycles. The Morgan fingerprint density at radius 3 is 2.86 bits per heavy atom. The van der Waals surface area contributed by atoms with Gasteiger partial charge in [-0.2, -0.15) is 0 Å². The molecule has 0 aromatic carbocycles. The Balaban J connectivity index is 1.76. The topological polar surface area (TPSA) is 22.1 Å². The lowest BCUT2D eigenvalue weighted by molar-refractivity contribution is 0.208. The fourth-order valence-corrected chi connectivity index (χ4v) is 2.00. The standard InChI is InChI=1S/C12H17NO/c1-2-5-11(6-3-1)10-14-12-7-4-8-13-9-12/h4,7-9,11H,1-3,5-6,10H2. The van der Waals surface area contributed by atoms with E-state index < -0.39 is 0 Å². The first kappa shape index (κ1) is 9.50. The highest BCUT2D eigenvalue weighted by molar-refractivity contribution is 5.15. The summed E-state index contributed by atoms with van der Waals surface area (Å²) in [5.74, 6) is 1.67. The van der Waals surface area contributed by atoms with Crippen molar-refractivity contribution in [3.05, 3.63) is 24.5 Å². The van der Waals surface area contributed by atoms with Crippen LogP contribution in [0.5, 0.6) is 5.75 Å². The first-order valence-corrected chi connectivity index (χ1v) is 5.48. The fraction of sp³-hybridized carbons (Fsp3) is 0.583. The molecular formula is C12H17NO. The first-order chi connectivity index (χ1) is 6.95. The number of rotatable bonds is 3. The number of hydrogen-bond donors (Lipinski definition) is 0. The largest absolute Gasteiger partial charge is 0.492 e. The van der Waals surface area contributed by atoms with Crippen LogP contribution in [-0.2, 0) is 0 Å². The maximum absolute atomic E-state index is 5.68. The van der Waals surface area contributed by atoms with Gasteiger partial charge in [-0.3, -0.25) is 4.98 Å². The zero-order valence-corrected chi connectivity index (χ0v) is 8.48. The predicted octanol–water partition coefficient (Wildman–Crippen LogP) is 3.04. The monoisotopic (exact) mass is 191 g/mol. The van der Waals surface area contributed by atoms with E-state index in [1.165, 1.54) is 32.1 Å². The SMILES string of the molecule is c1cncc(OCC2CCCCC2)c1. The number of nitrogens with zero attached hydrogens (tertiary/aromatic N) is 1. The van der Waals surface area contributed by atoms with Gasteiger partial charge in [0.05, 0.1) is 12.8 Å². The van der Waals surface area contributed by atoms with Crippen LogP contribution in [0.2, 0.25) is 0 Å². The zero-order valence-electron chi connectivity index (χ0n) is 8.48. The molecule has 0 unspecified atom stereocenters. The molecule has 2 nitrogen and oxygen atoms in total. The summed E-state index contributed by atoms with van der Waals surface area (Å²) in [7, 11) is 0. The molecular weight excluding hydrogens is 174 g/mol. The van der Waals surface area contributed by atoms with Gasteiger partial charge in [0.15, 0.2) is 0 Å².